The van der Waals surface area contributed by atoms with Gasteiger partial charge in [0, 0.05) is 54.6 Å². The van der Waals surface area contributed by atoms with E-state index in [9.17, 15) is 0 Å². The Balaban J connectivity index is 0.884. The Labute approximate surface area is 463 Å². The van der Waals surface area contributed by atoms with E-state index in [1.54, 1.807) is 0 Å². The summed E-state index contributed by atoms with van der Waals surface area (Å²) >= 11 is 0. The molecular weight excluding hydrogens is 971 g/mol. The molecular formula is C75H51N5. The van der Waals surface area contributed by atoms with Crippen LogP contribution in [0.1, 0.15) is 23.6 Å². The molecule has 80 heavy (non-hydrogen) atoms. The summed E-state index contributed by atoms with van der Waals surface area (Å²) in [5, 5.41) is 13.1. The Hall–Kier alpha value is -10.5. The highest BCUT2D eigenvalue weighted by Crippen LogP contribution is 2.37. The number of nitrogens with zero attached hydrogens (tertiary/aromatic N) is 5. The highest BCUT2D eigenvalue weighted by molar-refractivity contribution is 6.07. The molecule has 10 aromatic carbocycles. The summed E-state index contributed by atoms with van der Waals surface area (Å²) in [6, 6.07) is 81.4. The van der Waals surface area contributed by atoms with E-state index < -0.39 is 0 Å². The third-order valence-corrected chi connectivity index (χ3v) is 15.6. The first-order valence-electron chi connectivity index (χ1n) is 27.0. The van der Waals surface area contributed by atoms with Crippen LogP contribution >= 0.6 is 0 Å². The molecule has 0 fully saturated rings. The fourth-order valence-electron chi connectivity index (χ4n) is 11.4. The van der Waals surface area contributed by atoms with Crippen LogP contribution in [0.25, 0.3) is 145 Å². The Morgan fingerprint density at radius 2 is 0.900 bits per heavy atom. The van der Waals surface area contributed by atoms with E-state index >= 15 is 0 Å². The lowest BCUT2D eigenvalue weighted by Gasteiger charge is -2.13. The van der Waals surface area contributed by atoms with E-state index in [0.717, 1.165) is 128 Å². The zero-order chi connectivity index (χ0) is 53.7. The third kappa shape index (κ3) is 8.87. The van der Waals surface area contributed by atoms with E-state index in [-0.39, 0.29) is 0 Å². The predicted octanol–water partition coefficient (Wildman–Crippen LogP) is 17.9. The summed E-state index contributed by atoms with van der Waals surface area (Å²) < 4.78 is 0. The first-order chi connectivity index (χ1) is 39.4. The van der Waals surface area contributed by atoms with Crippen molar-refractivity contribution in [2.75, 3.05) is 0 Å². The molecule has 0 bridgehead atoms. The molecule has 0 amide bonds. The van der Waals surface area contributed by atoms with Gasteiger partial charge in [-0.25, -0.2) is 19.9 Å². The van der Waals surface area contributed by atoms with Crippen molar-refractivity contribution in [2.45, 2.75) is 13.3 Å². The summed E-state index contributed by atoms with van der Waals surface area (Å²) in [7, 11) is 0. The fourth-order valence-corrected chi connectivity index (χ4v) is 11.4. The monoisotopic (exact) mass is 1020 g/mol. The number of pyridine rings is 4. The summed E-state index contributed by atoms with van der Waals surface area (Å²) in [6.07, 6.45) is 9.40. The van der Waals surface area contributed by atoms with Crippen molar-refractivity contribution in [3.05, 3.63) is 270 Å². The van der Waals surface area contributed by atoms with E-state index in [1.807, 2.05) is 0 Å². The van der Waals surface area contributed by atoms with E-state index in [2.05, 4.69) is 280 Å². The van der Waals surface area contributed by atoms with Crippen molar-refractivity contribution in [3.63, 3.8) is 0 Å². The molecule has 0 spiro atoms. The molecule has 0 unspecified atom stereocenters. The van der Waals surface area contributed by atoms with Crippen LogP contribution in [0.15, 0.2) is 248 Å². The van der Waals surface area contributed by atoms with Crippen LogP contribution in [-0.2, 0) is 6.42 Å². The molecule has 0 aliphatic carbocycles. The van der Waals surface area contributed by atoms with Gasteiger partial charge in [-0.3, -0.25) is 4.99 Å². The highest BCUT2D eigenvalue weighted by atomic mass is 14.8. The second kappa shape index (κ2) is 20.1. The van der Waals surface area contributed by atoms with Gasteiger partial charge in [0.2, 0.25) is 0 Å². The third-order valence-electron chi connectivity index (χ3n) is 15.6. The van der Waals surface area contributed by atoms with Crippen molar-refractivity contribution in [1.29, 1.82) is 0 Å². The lowest BCUT2D eigenvalue weighted by atomic mass is 9.96. The zero-order valence-corrected chi connectivity index (χ0v) is 44.1. The normalized spacial score (nSPS) is 12.3. The van der Waals surface area contributed by atoms with Crippen LogP contribution in [0.5, 0.6) is 0 Å². The Morgan fingerprint density at radius 3 is 1.45 bits per heavy atom. The summed E-state index contributed by atoms with van der Waals surface area (Å²) in [5.74, 6) is 0. The number of aliphatic imine (C=N–C) groups is 1. The van der Waals surface area contributed by atoms with Gasteiger partial charge in [-0.05, 0) is 117 Å². The number of hydrogen-bond acceptors (Lipinski definition) is 5. The molecule has 0 aliphatic heterocycles. The topological polar surface area (TPSA) is 63.9 Å². The molecule has 0 saturated heterocycles. The van der Waals surface area contributed by atoms with Crippen LogP contribution in [0, 0.1) is 0 Å². The lowest BCUT2D eigenvalue weighted by molar-refractivity contribution is 1.29. The van der Waals surface area contributed by atoms with Gasteiger partial charge in [-0.1, -0.05) is 219 Å². The molecule has 376 valence electrons. The van der Waals surface area contributed by atoms with Crippen molar-refractivity contribution in [2.24, 2.45) is 4.99 Å². The molecule has 5 nitrogen and oxygen atoms in total. The van der Waals surface area contributed by atoms with Gasteiger partial charge in [-0.2, -0.15) is 0 Å². The van der Waals surface area contributed by atoms with Gasteiger partial charge in [0.15, 0.2) is 0 Å². The number of rotatable bonds is 10. The van der Waals surface area contributed by atoms with Gasteiger partial charge in [-0.15, -0.1) is 0 Å². The lowest BCUT2D eigenvalue weighted by Crippen LogP contribution is -2.23. The van der Waals surface area contributed by atoms with E-state index in [1.165, 1.54) is 37.9 Å². The summed E-state index contributed by atoms with van der Waals surface area (Å²) in [4.78, 5) is 26.2. The first kappa shape index (κ1) is 47.9. The van der Waals surface area contributed by atoms with Gasteiger partial charge < -0.3 is 0 Å². The minimum Gasteiger partial charge on any atom is -0.263 e. The quantitative estimate of drug-likeness (QED) is 0.101. The van der Waals surface area contributed by atoms with Gasteiger partial charge in [0.05, 0.1) is 50.5 Å². The van der Waals surface area contributed by atoms with Gasteiger partial charge in [0.1, 0.15) is 0 Å². The maximum absolute atomic E-state index is 5.49. The minimum absolute atomic E-state index is 0.770. The van der Waals surface area contributed by atoms with Crippen molar-refractivity contribution in [1.82, 2.24) is 19.9 Å². The maximum atomic E-state index is 5.49. The number of benzene rings is 10. The average Bonchev–Trinajstić information content (AvgIpc) is 3.55. The second-order valence-electron chi connectivity index (χ2n) is 20.6. The van der Waals surface area contributed by atoms with Gasteiger partial charge >= 0.3 is 0 Å². The standard InChI is InChI=1S/C75H51N5/c1-47(25-27-50-29-30-54(71(76-3)48(50)2)20-10-13-49-26-28-51-14-4-5-17-59(51)43-49)60-44-61(67-39-35-55-31-33-57-37-41-69(79-74(57)72(55)77-67)65-23-11-18-52-15-6-8-21-63(52)65)46-62(45-60)68-40-36-56-32-34-58-38-42-70(80-75(58)73(56)78-68)66-24-12-19-53-16-7-9-22-64(53)66/h4-12,14-46H,2-3,13H2,1H3/b20-10-,47-25+,50-27-. The van der Waals surface area contributed by atoms with E-state index in [0.29, 0.717) is 0 Å². The minimum atomic E-state index is 0.770. The zero-order valence-electron chi connectivity index (χ0n) is 44.1. The van der Waals surface area contributed by atoms with Crippen molar-refractivity contribution >= 4 is 113 Å². The molecule has 0 atom stereocenters. The first-order valence-corrected chi connectivity index (χ1v) is 27.0. The predicted molar refractivity (Wildman–Crippen MR) is 340 cm³/mol. The largest absolute Gasteiger partial charge is 0.263 e. The molecule has 0 radical (unpaired) electrons. The molecule has 0 N–H and O–H groups in total. The Kier molecular flexibility index (Phi) is 12.1. The molecule has 0 saturated carbocycles. The van der Waals surface area contributed by atoms with Crippen LogP contribution < -0.4 is 10.4 Å². The molecule has 4 aromatic heterocycles. The smallest absolute Gasteiger partial charge is 0.0972 e. The number of aromatic nitrogens is 4. The summed E-state index contributed by atoms with van der Waals surface area (Å²) in [6.45, 7) is 10.6. The molecule has 14 aromatic rings. The molecule has 5 heteroatoms. The maximum Gasteiger partial charge on any atom is 0.0972 e. The number of allylic oxidation sites excluding steroid dienone is 3. The molecule has 0 aliphatic rings. The highest BCUT2D eigenvalue weighted by Gasteiger charge is 2.16. The molecule has 14 rings (SSSR count). The van der Waals surface area contributed by atoms with Crippen LogP contribution in [0.2, 0.25) is 0 Å². The number of hydrogen-bond donors (Lipinski definition) is 0. The second-order valence-corrected chi connectivity index (χ2v) is 20.6. The van der Waals surface area contributed by atoms with Crippen LogP contribution in [0.4, 0.5) is 5.69 Å². The SMILES string of the molecule is C=Nc1c(/C=C\Cc2ccc3ccccc3c2)cc/c(=C/C=C(\C)c2cc(-c3ccc4ccc5ccc(-c6cccc7ccccc67)nc5c4n3)cc(-c3ccc4ccc5ccc(-c6cccc7ccccc67)nc5c4n3)c2)c1=C. The Morgan fingerprint density at radius 1 is 0.438 bits per heavy atom. The fraction of sp³-hybridized carbons (Fsp3) is 0.0267. The van der Waals surface area contributed by atoms with Gasteiger partial charge in [0.25, 0.3) is 0 Å². The van der Waals surface area contributed by atoms with Crippen LogP contribution in [-0.4, -0.2) is 26.7 Å². The average molecular weight is 1020 g/mol. The number of fused-ring (bicyclic) bond motifs is 9. The van der Waals surface area contributed by atoms with E-state index in [4.69, 9.17) is 19.9 Å². The molecule has 4 heterocycles. The Bertz CT molecular complexity index is 4820. The van der Waals surface area contributed by atoms with Crippen LogP contribution in [0.3, 0.4) is 0 Å². The summed E-state index contributed by atoms with van der Waals surface area (Å²) in [5.41, 5.74) is 16.1. The van der Waals surface area contributed by atoms with Crippen molar-refractivity contribution in [3.8, 4) is 45.0 Å². The van der Waals surface area contributed by atoms with Crippen molar-refractivity contribution < 1.29 is 0 Å².